The van der Waals surface area contributed by atoms with Gasteiger partial charge < -0.3 is 4.79 Å². The molecule has 1 saturated carbocycles. The Bertz CT molecular complexity index is 258. The Balaban J connectivity index is 2.83. The Hall–Kier alpha value is -0.660. The largest absolute Gasteiger partial charge is 0.303 e. The Morgan fingerprint density at radius 1 is 1.00 bits per heavy atom. The molecule has 0 N–H and O–H groups in total. The number of ketones is 1. The van der Waals surface area contributed by atoms with Crippen molar-refractivity contribution in [1.82, 2.24) is 0 Å². The molecule has 0 aliphatic heterocycles. The Labute approximate surface area is 105 Å². The van der Waals surface area contributed by atoms with Crippen molar-refractivity contribution >= 4 is 12.1 Å². The van der Waals surface area contributed by atoms with Gasteiger partial charge in [-0.2, -0.15) is 0 Å². The molecule has 1 aliphatic carbocycles. The van der Waals surface area contributed by atoms with E-state index in [4.69, 9.17) is 0 Å². The molecule has 2 heteroatoms. The monoisotopic (exact) mass is 238 g/mol. The van der Waals surface area contributed by atoms with E-state index in [1.54, 1.807) is 0 Å². The van der Waals surface area contributed by atoms with Crippen LogP contribution in [0.1, 0.15) is 59.3 Å². The first kappa shape index (κ1) is 14.4. The molecule has 0 heterocycles. The van der Waals surface area contributed by atoms with Crippen LogP contribution in [0.3, 0.4) is 0 Å². The summed E-state index contributed by atoms with van der Waals surface area (Å²) in [4.78, 5) is 23.5. The summed E-state index contributed by atoms with van der Waals surface area (Å²) >= 11 is 0. The molecule has 0 radical (unpaired) electrons. The molecule has 3 unspecified atom stereocenters. The van der Waals surface area contributed by atoms with Gasteiger partial charge in [-0.05, 0) is 18.8 Å². The molecular formula is C15H26O2. The van der Waals surface area contributed by atoms with Gasteiger partial charge in [0.1, 0.15) is 12.1 Å². The quantitative estimate of drug-likeness (QED) is 0.704. The standard InChI is InChI=1S/C15H26O2/c1-11(2)13-8-6-4-5-7-9-14(15(13)17)12(3)10-16/h10-14H,4-9H2,1-3H3. The number of hydrogen-bond acceptors (Lipinski definition) is 2. The molecule has 0 spiro atoms. The van der Waals surface area contributed by atoms with E-state index < -0.39 is 0 Å². The van der Waals surface area contributed by atoms with Crippen LogP contribution in [0.15, 0.2) is 0 Å². The number of carbonyl (C=O) groups excluding carboxylic acids is 2. The van der Waals surface area contributed by atoms with E-state index in [1.165, 1.54) is 12.8 Å². The minimum atomic E-state index is -0.109. The minimum absolute atomic E-state index is 0.0296. The molecule has 0 saturated heterocycles. The molecule has 1 aliphatic rings. The lowest BCUT2D eigenvalue weighted by Crippen LogP contribution is -2.31. The lowest BCUT2D eigenvalue weighted by atomic mass is 9.77. The van der Waals surface area contributed by atoms with Crippen LogP contribution >= 0.6 is 0 Å². The number of carbonyl (C=O) groups is 2. The van der Waals surface area contributed by atoms with Crippen molar-refractivity contribution < 1.29 is 9.59 Å². The molecule has 1 rings (SSSR count). The van der Waals surface area contributed by atoms with E-state index in [-0.39, 0.29) is 17.8 Å². The van der Waals surface area contributed by atoms with Gasteiger partial charge in [-0.3, -0.25) is 4.79 Å². The maximum atomic E-state index is 12.5. The van der Waals surface area contributed by atoms with Gasteiger partial charge in [0.15, 0.2) is 0 Å². The van der Waals surface area contributed by atoms with Crippen LogP contribution in [0, 0.1) is 23.7 Å². The van der Waals surface area contributed by atoms with Crippen LogP contribution in [0.25, 0.3) is 0 Å². The summed E-state index contributed by atoms with van der Waals surface area (Å²) in [5, 5.41) is 0. The third kappa shape index (κ3) is 3.93. The molecule has 3 atom stereocenters. The summed E-state index contributed by atoms with van der Waals surface area (Å²) in [5.41, 5.74) is 0. The van der Waals surface area contributed by atoms with Gasteiger partial charge in [-0.25, -0.2) is 0 Å². The first-order valence-corrected chi connectivity index (χ1v) is 7.07. The lowest BCUT2D eigenvalue weighted by molar-refractivity contribution is -0.132. The van der Waals surface area contributed by atoms with Gasteiger partial charge in [0.2, 0.25) is 0 Å². The molecule has 17 heavy (non-hydrogen) atoms. The normalized spacial score (nSPS) is 29.3. The summed E-state index contributed by atoms with van der Waals surface area (Å²) in [5.74, 6) is 0.781. The summed E-state index contributed by atoms with van der Waals surface area (Å²) < 4.78 is 0. The van der Waals surface area contributed by atoms with Gasteiger partial charge in [-0.1, -0.05) is 46.5 Å². The van der Waals surface area contributed by atoms with Gasteiger partial charge >= 0.3 is 0 Å². The highest BCUT2D eigenvalue weighted by Gasteiger charge is 2.32. The fourth-order valence-electron chi connectivity index (χ4n) is 2.92. The number of aldehydes is 1. The molecule has 0 amide bonds. The van der Waals surface area contributed by atoms with Crippen LogP contribution in [0.2, 0.25) is 0 Å². The average molecular weight is 238 g/mol. The van der Waals surface area contributed by atoms with Gasteiger partial charge in [0, 0.05) is 17.8 Å². The highest BCUT2D eigenvalue weighted by molar-refractivity contribution is 5.86. The topological polar surface area (TPSA) is 34.1 Å². The fraction of sp³-hybridized carbons (Fsp3) is 0.867. The highest BCUT2D eigenvalue weighted by Crippen LogP contribution is 2.31. The van der Waals surface area contributed by atoms with Gasteiger partial charge in [0.25, 0.3) is 0 Å². The zero-order valence-electron chi connectivity index (χ0n) is 11.4. The first-order chi connectivity index (χ1) is 8.07. The van der Waals surface area contributed by atoms with Crippen LogP contribution in [0.4, 0.5) is 0 Å². The van der Waals surface area contributed by atoms with Crippen LogP contribution in [-0.4, -0.2) is 12.1 Å². The number of rotatable bonds is 3. The summed E-state index contributed by atoms with van der Waals surface area (Å²) in [6.45, 7) is 6.15. The second-order valence-electron chi connectivity index (χ2n) is 5.85. The number of hydrogen-bond donors (Lipinski definition) is 0. The second-order valence-corrected chi connectivity index (χ2v) is 5.85. The highest BCUT2D eigenvalue weighted by atomic mass is 16.1. The van der Waals surface area contributed by atoms with Crippen molar-refractivity contribution in [3.63, 3.8) is 0 Å². The average Bonchev–Trinajstić information content (AvgIpc) is 2.39. The van der Waals surface area contributed by atoms with Crippen molar-refractivity contribution in [3.05, 3.63) is 0 Å². The van der Waals surface area contributed by atoms with Crippen LogP contribution < -0.4 is 0 Å². The predicted octanol–water partition coefficient (Wildman–Crippen LogP) is 3.63. The van der Waals surface area contributed by atoms with E-state index in [2.05, 4.69) is 13.8 Å². The van der Waals surface area contributed by atoms with Crippen LogP contribution in [0.5, 0.6) is 0 Å². The molecule has 0 aromatic heterocycles. The molecule has 0 bridgehead atoms. The lowest BCUT2D eigenvalue weighted by Gasteiger charge is -2.26. The van der Waals surface area contributed by atoms with E-state index >= 15 is 0 Å². The van der Waals surface area contributed by atoms with Crippen molar-refractivity contribution in [1.29, 1.82) is 0 Å². The third-order valence-corrected chi connectivity index (χ3v) is 4.17. The zero-order chi connectivity index (χ0) is 12.8. The van der Waals surface area contributed by atoms with E-state index in [0.717, 1.165) is 32.0 Å². The van der Waals surface area contributed by atoms with E-state index in [0.29, 0.717) is 11.7 Å². The van der Waals surface area contributed by atoms with Gasteiger partial charge in [-0.15, -0.1) is 0 Å². The van der Waals surface area contributed by atoms with E-state index in [9.17, 15) is 9.59 Å². The predicted molar refractivity (Wildman–Crippen MR) is 69.8 cm³/mol. The third-order valence-electron chi connectivity index (χ3n) is 4.17. The SMILES string of the molecule is CC(C)C1CCCCCCC(C(C)C=O)C1=O. The van der Waals surface area contributed by atoms with Crippen molar-refractivity contribution in [2.75, 3.05) is 0 Å². The van der Waals surface area contributed by atoms with Crippen LogP contribution in [-0.2, 0) is 9.59 Å². The fourth-order valence-corrected chi connectivity index (χ4v) is 2.92. The van der Waals surface area contributed by atoms with E-state index in [1.807, 2.05) is 6.92 Å². The molecule has 0 aromatic carbocycles. The maximum Gasteiger partial charge on any atom is 0.139 e. The first-order valence-electron chi connectivity index (χ1n) is 7.07. The van der Waals surface area contributed by atoms with Crippen molar-refractivity contribution in [3.8, 4) is 0 Å². The smallest absolute Gasteiger partial charge is 0.139 e. The second kappa shape index (κ2) is 6.93. The van der Waals surface area contributed by atoms with Crippen molar-refractivity contribution in [2.24, 2.45) is 23.7 Å². The molecule has 98 valence electrons. The zero-order valence-corrected chi connectivity index (χ0v) is 11.4. The number of Topliss-reactive ketones (excluding diaryl/α,β-unsaturated/α-hetero) is 1. The minimum Gasteiger partial charge on any atom is -0.303 e. The molecular weight excluding hydrogens is 212 g/mol. The maximum absolute atomic E-state index is 12.5. The molecule has 0 aromatic rings. The molecule has 2 nitrogen and oxygen atoms in total. The Morgan fingerprint density at radius 3 is 2.00 bits per heavy atom. The van der Waals surface area contributed by atoms with Gasteiger partial charge in [0.05, 0.1) is 0 Å². The summed E-state index contributed by atoms with van der Waals surface area (Å²) in [6, 6.07) is 0. The Kier molecular flexibility index (Phi) is 5.87. The summed E-state index contributed by atoms with van der Waals surface area (Å²) in [6.07, 6.45) is 7.58. The van der Waals surface area contributed by atoms with Crippen molar-refractivity contribution in [2.45, 2.75) is 59.3 Å². The Morgan fingerprint density at radius 2 is 1.53 bits per heavy atom. The summed E-state index contributed by atoms with van der Waals surface area (Å²) in [7, 11) is 0. The molecule has 1 fully saturated rings.